The van der Waals surface area contributed by atoms with E-state index < -0.39 is 4.92 Å². The van der Waals surface area contributed by atoms with Crippen LogP contribution < -0.4 is 4.74 Å². The Morgan fingerprint density at radius 2 is 2.17 bits per heavy atom. The van der Waals surface area contributed by atoms with Gasteiger partial charge in [-0.05, 0) is 40.2 Å². The molecule has 2 aromatic rings. The van der Waals surface area contributed by atoms with Gasteiger partial charge in [-0.1, -0.05) is 11.6 Å². The third-order valence-electron chi connectivity index (χ3n) is 3.53. The van der Waals surface area contributed by atoms with Crippen LogP contribution in [0.1, 0.15) is 10.4 Å². The molecule has 0 bridgehead atoms. The van der Waals surface area contributed by atoms with Crippen molar-refractivity contribution in [3.05, 3.63) is 61.7 Å². The Hall–Kier alpha value is -2.19. The summed E-state index contributed by atoms with van der Waals surface area (Å²) in [6.07, 6.45) is 1.46. The van der Waals surface area contributed by atoms with Gasteiger partial charge >= 0.3 is 0 Å². The van der Waals surface area contributed by atoms with E-state index in [-0.39, 0.29) is 28.3 Å². The second-order valence-electron chi connectivity index (χ2n) is 5.16. The van der Waals surface area contributed by atoms with Gasteiger partial charge in [-0.25, -0.2) is 4.98 Å². The van der Waals surface area contributed by atoms with E-state index in [0.717, 1.165) is 4.47 Å². The molecule has 0 saturated carbocycles. The van der Waals surface area contributed by atoms with E-state index >= 15 is 0 Å². The normalized spacial score (nSPS) is 14.2. The summed E-state index contributed by atoms with van der Waals surface area (Å²) in [6, 6.07) is 7.61. The van der Waals surface area contributed by atoms with Gasteiger partial charge in [0.15, 0.2) is 0 Å². The predicted molar refractivity (Wildman–Crippen MR) is 90.4 cm³/mol. The van der Waals surface area contributed by atoms with Crippen molar-refractivity contribution in [2.45, 2.75) is 6.10 Å². The van der Waals surface area contributed by atoms with Crippen molar-refractivity contribution >= 4 is 39.1 Å². The van der Waals surface area contributed by atoms with Gasteiger partial charge in [0.2, 0.25) is 5.88 Å². The molecule has 1 aromatic heterocycles. The molecule has 1 saturated heterocycles. The molecular weight excluding hydrogens is 402 g/mol. The summed E-state index contributed by atoms with van der Waals surface area (Å²) >= 11 is 9.10. The number of benzene rings is 1. The number of nitro groups is 1. The molecule has 0 unspecified atom stereocenters. The fourth-order valence-electron chi connectivity index (χ4n) is 2.26. The Kier molecular flexibility index (Phi) is 4.68. The largest absolute Gasteiger partial charge is 0.470 e. The minimum absolute atomic E-state index is 0.00127. The van der Waals surface area contributed by atoms with Gasteiger partial charge in [0.25, 0.3) is 11.6 Å². The van der Waals surface area contributed by atoms with Crippen molar-refractivity contribution in [3.8, 4) is 5.88 Å². The topological polar surface area (TPSA) is 85.6 Å². The second kappa shape index (κ2) is 6.74. The van der Waals surface area contributed by atoms with Gasteiger partial charge in [-0.3, -0.25) is 14.9 Å². The fraction of sp³-hybridized carbons (Fsp3) is 0.200. The van der Waals surface area contributed by atoms with E-state index in [9.17, 15) is 14.9 Å². The first-order valence-corrected chi connectivity index (χ1v) is 8.13. The standard InChI is InChI=1S/C15H11BrClN3O4/c16-11-2-1-5-18-14(11)24-10-7-19(8-10)15(21)9-3-4-12(17)13(6-9)20(22)23/h1-6,10H,7-8H2. The van der Waals surface area contributed by atoms with Gasteiger partial charge in [-0.2, -0.15) is 0 Å². The summed E-state index contributed by atoms with van der Waals surface area (Å²) in [4.78, 5) is 28.3. The quantitative estimate of drug-likeness (QED) is 0.568. The van der Waals surface area contributed by atoms with Crippen LogP contribution in [-0.4, -0.2) is 39.9 Å². The van der Waals surface area contributed by atoms with Crippen molar-refractivity contribution in [2.24, 2.45) is 0 Å². The smallest absolute Gasteiger partial charge is 0.288 e. The molecule has 0 spiro atoms. The Labute approximate surface area is 150 Å². The first kappa shape index (κ1) is 16.7. The van der Waals surface area contributed by atoms with Crippen LogP contribution in [-0.2, 0) is 0 Å². The van der Waals surface area contributed by atoms with Crippen LogP contribution in [0.5, 0.6) is 5.88 Å². The van der Waals surface area contributed by atoms with Crippen LogP contribution in [0.15, 0.2) is 41.0 Å². The van der Waals surface area contributed by atoms with Crippen LogP contribution in [0.4, 0.5) is 5.69 Å². The van der Waals surface area contributed by atoms with Crippen molar-refractivity contribution < 1.29 is 14.5 Å². The molecule has 24 heavy (non-hydrogen) atoms. The number of nitrogens with zero attached hydrogens (tertiary/aromatic N) is 3. The summed E-state index contributed by atoms with van der Waals surface area (Å²) < 4.78 is 6.44. The maximum absolute atomic E-state index is 12.4. The number of likely N-dealkylation sites (tertiary alicyclic amines) is 1. The maximum atomic E-state index is 12.4. The molecule has 0 aliphatic carbocycles. The van der Waals surface area contributed by atoms with Crippen molar-refractivity contribution in [3.63, 3.8) is 0 Å². The van der Waals surface area contributed by atoms with Crippen molar-refractivity contribution in [1.29, 1.82) is 0 Å². The van der Waals surface area contributed by atoms with Crippen molar-refractivity contribution in [1.82, 2.24) is 9.88 Å². The average Bonchev–Trinajstić information content (AvgIpc) is 2.51. The summed E-state index contributed by atoms with van der Waals surface area (Å²) in [5.74, 6) is 0.173. The van der Waals surface area contributed by atoms with Crippen LogP contribution in [0.25, 0.3) is 0 Å². The lowest BCUT2D eigenvalue weighted by Gasteiger charge is -2.38. The Morgan fingerprint density at radius 1 is 1.42 bits per heavy atom. The van der Waals surface area contributed by atoms with Gasteiger partial charge in [0.1, 0.15) is 11.1 Å². The molecule has 3 rings (SSSR count). The molecular formula is C15H11BrClN3O4. The number of rotatable bonds is 4. The number of pyridine rings is 1. The van der Waals surface area contributed by atoms with Crippen LogP contribution in [0.3, 0.4) is 0 Å². The summed E-state index contributed by atoms with van der Waals surface area (Å²) in [6.45, 7) is 0.774. The van der Waals surface area contributed by atoms with Gasteiger partial charge in [0, 0.05) is 17.8 Å². The van der Waals surface area contributed by atoms with E-state index in [0.29, 0.717) is 19.0 Å². The molecule has 1 aliphatic rings. The minimum Gasteiger partial charge on any atom is -0.470 e. The molecule has 1 amide bonds. The molecule has 0 atom stereocenters. The van der Waals surface area contributed by atoms with E-state index in [4.69, 9.17) is 16.3 Å². The zero-order valence-electron chi connectivity index (χ0n) is 12.2. The third-order valence-corrected chi connectivity index (χ3v) is 4.45. The lowest BCUT2D eigenvalue weighted by atomic mass is 10.1. The number of hydrogen-bond donors (Lipinski definition) is 0. The second-order valence-corrected chi connectivity index (χ2v) is 6.43. The summed E-state index contributed by atoms with van der Waals surface area (Å²) in [7, 11) is 0. The average molecular weight is 413 g/mol. The highest BCUT2D eigenvalue weighted by molar-refractivity contribution is 9.10. The predicted octanol–water partition coefficient (Wildman–Crippen LogP) is 3.31. The highest BCUT2D eigenvalue weighted by atomic mass is 79.9. The minimum atomic E-state index is -0.611. The van der Waals surface area contributed by atoms with E-state index in [1.807, 2.05) is 6.07 Å². The zero-order chi connectivity index (χ0) is 17.3. The molecule has 0 radical (unpaired) electrons. The van der Waals surface area contributed by atoms with Crippen LogP contribution >= 0.6 is 27.5 Å². The van der Waals surface area contributed by atoms with Crippen molar-refractivity contribution in [2.75, 3.05) is 13.1 Å². The monoisotopic (exact) mass is 411 g/mol. The van der Waals surface area contributed by atoms with E-state index in [2.05, 4.69) is 20.9 Å². The number of carbonyl (C=O) groups is 1. The molecule has 1 aromatic carbocycles. The lowest BCUT2D eigenvalue weighted by Crippen LogP contribution is -2.56. The van der Waals surface area contributed by atoms with Gasteiger partial charge < -0.3 is 9.64 Å². The molecule has 124 valence electrons. The Morgan fingerprint density at radius 3 is 2.83 bits per heavy atom. The molecule has 0 N–H and O–H groups in total. The molecule has 2 heterocycles. The first-order chi connectivity index (χ1) is 11.5. The number of amides is 1. The Balaban J connectivity index is 1.64. The number of halogens is 2. The molecule has 7 nitrogen and oxygen atoms in total. The third kappa shape index (κ3) is 3.34. The number of hydrogen-bond acceptors (Lipinski definition) is 5. The molecule has 1 fully saturated rings. The molecule has 9 heteroatoms. The maximum Gasteiger partial charge on any atom is 0.288 e. The number of ether oxygens (including phenoxy) is 1. The number of carbonyl (C=O) groups excluding carboxylic acids is 1. The zero-order valence-corrected chi connectivity index (χ0v) is 14.5. The number of aromatic nitrogens is 1. The van der Waals surface area contributed by atoms with E-state index in [1.165, 1.54) is 18.2 Å². The fourth-order valence-corrected chi connectivity index (χ4v) is 2.80. The first-order valence-electron chi connectivity index (χ1n) is 6.96. The van der Waals surface area contributed by atoms with Crippen LogP contribution in [0.2, 0.25) is 5.02 Å². The van der Waals surface area contributed by atoms with Gasteiger partial charge in [0.05, 0.1) is 22.5 Å². The number of nitro benzene ring substituents is 1. The van der Waals surface area contributed by atoms with Gasteiger partial charge in [-0.15, -0.1) is 0 Å². The summed E-state index contributed by atoms with van der Waals surface area (Å²) in [5, 5.41) is 10.9. The van der Waals surface area contributed by atoms with Crippen LogP contribution in [0, 0.1) is 10.1 Å². The highest BCUT2D eigenvalue weighted by Crippen LogP contribution is 2.28. The highest BCUT2D eigenvalue weighted by Gasteiger charge is 2.34. The Bertz CT molecular complexity index is 811. The SMILES string of the molecule is O=C(c1ccc(Cl)c([N+](=O)[O-])c1)N1CC(Oc2ncccc2Br)C1. The lowest BCUT2D eigenvalue weighted by molar-refractivity contribution is -0.384. The summed E-state index contributed by atoms with van der Waals surface area (Å²) in [5.41, 5.74) is -0.0585. The van der Waals surface area contributed by atoms with E-state index in [1.54, 1.807) is 17.2 Å². The molecule has 1 aliphatic heterocycles.